The zero-order chi connectivity index (χ0) is 15.8. The van der Waals surface area contributed by atoms with Crippen molar-refractivity contribution in [3.05, 3.63) is 22.8 Å². The summed E-state index contributed by atoms with van der Waals surface area (Å²) in [5.74, 6) is 0.234. The van der Waals surface area contributed by atoms with Gasteiger partial charge in [0.1, 0.15) is 0 Å². The monoisotopic (exact) mass is 286 g/mol. The van der Waals surface area contributed by atoms with E-state index in [0.29, 0.717) is 11.4 Å². The first-order valence-corrected chi connectivity index (χ1v) is 7.44. The van der Waals surface area contributed by atoms with E-state index in [2.05, 4.69) is 30.8 Å². The summed E-state index contributed by atoms with van der Waals surface area (Å²) in [6, 6.07) is 2.01. The Morgan fingerprint density at radius 3 is 2.05 bits per heavy atom. The van der Waals surface area contributed by atoms with Crippen LogP contribution < -0.4 is 0 Å². The van der Waals surface area contributed by atoms with Gasteiger partial charge in [0.2, 0.25) is 12.2 Å². The average molecular weight is 286 g/mol. The van der Waals surface area contributed by atoms with Crippen LogP contribution in [0.4, 0.5) is 11.4 Å². The smallest absolute Gasteiger partial charge is 0.211 e. The molecule has 0 N–H and O–H groups in total. The van der Waals surface area contributed by atoms with Crippen LogP contribution in [0.1, 0.15) is 63.1 Å². The number of benzene rings is 1. The SMILES string of the molecule is CCCc1cc(C(C)C)c(N=C=O)c(CCC)c1N=C=O. The molecule has 0 aromatic heterocycles. The third kappa shape index (κ3) is 3.98. The molecule has 1 rings (SSSR count). The van der Waals surface area contributed by atoms with Crippen LogP contribution in [0.2, 0.25) is 0 Å². The molecule has 0 bridgehead atoms. The van der Waals surface area contributed by atoms with Gasteiger partial charge in [-0.15, -0.1) is 0 Å². The maximum Gasteiger partial charge on any atom is 0.240 e. The third-order valence-electron chi connectivity index (χ3n) is 3.44. The minimum Gasteiger partial charge on any atom is -0.211 e. The normalized spacial score (nSPS) is 10.1. The Labute approximate surface area is 126 Å². The molecule has 0 spiro atoms. The second kappa shape index (κ2) is 8.31. The van der Waals surface area contributed by atoms with Crippen LogP contribution in [-0.4, -0.2) is 12.2 Å². The number of nitrogens with zero attached hydrogens (tertiary/aromatic N) is 2. The van der Waals surface area contributed by atoms with Crippen LogP contribution in [0.5, 0.6) is 0 Å². The number of aliphatic imine (C=N–C) groups is 2. The van der Waals surface area contributed by atoms with Gasteiger partial charge in [-0.05, 0) is 29.9 Å². The Balaban J connectivity index is 3.77. The lowest BCUT2D eigenvalue weighted by atomic mass is 9.90. The average Bonchev–Trinajstić information content (AvgIpc) is 2.44. The van der Waals surface area contributed by atoms with Crippen molar-refractivity contribution in [3.63, 3.8) is 0 Å². The van der Waals surface area contributed by atoms with Crippen LogP contribution in [0.15, 0.2) is 16.1 Å². The number of carbonyl (C=O) groups excluding carboxylic acids is 2. The van der Waals surface area contributed by atoms with Gasteiger partial charge in [-0.2, -0.15) is 9.98 Å². The molecule has 0 saturated carbocycles. The Hall–Kier alpha value is -2.02. The van der Waals surface area contributed by atoms with Crippen LogP contribution in [0.25, 0.3) is 0 Å². The molecule has 0 fully saturated rings. The summed E-state index contributed by atoms with van der Waals surface area (Å²) < 4.78 is 0. The highest BCUT2D eigenvalue weighted by Crippen LogP contribution is 2.40. The molecule has 0 amide bonds. The lowest BCUT2D eigenvalue weighted by Gasteiger charge is -2.18. The fraction of sp³-hybridized carbons (Fsp3) is 0.529. The summed E-state index contributed by atoms with van der Waals surface area (Å²) in [7, 11) is 0. The van der Waals surface area contributed by atoms with E-state index in [-0.39, 0.29) is 5.92 Å². The largest absolute Gasteiger partial charge is 0.240 e. The van der Waals surface area contributed by atoms with E-state index in [1.54, 1.807) is 12.2 Å². The van der Waals surface area contributed by atoms with Crippen molar-refractivity contribution in [2.45, 2.75) is 59.3 Å². The number of isocyanates is 2. The minimum atomic E-state index is 0.234. The minimum absolute atomic E-state index is 0.234. The van der Waals surface area contributed by atoms with Crippen LogP contribution in [0, 0.1) is 0 Å². The molecule has 0 saturated heterocycles. The van der Waals surface area contributed by atoms with Gasteiger partial charge in [0.25, 0.3) is 0 Å². The van der Waals surface area contributed by atoms with Crippen molar-refractivity contribution in [2.24, 2.45) is 9.98 Å². The molecule has 0 radical (unpaired) electrons. The second-order valence-corrected chi connectivity index (χ2v) is 5.36. The van der Waals surface area contributed by atoms with Crippen molar-refractivity contribution in [2.75, 3.05) is 0 Å². The number of hydrogen-bond donors (Lipinski definition) is 0. The standard InChI is InChI=1S/C17H22N2O2/c1-5-7-13-9-15(12(3)4)17(19-11-21)14(8-6-2)16(13)18-10-20/h9,12H,5-8H2,1-4H3. The van der Waals surface area contributed by atoms with E-state index in [1.165, 1.54) is 0 Å². The Morgan fingerprint density at radius 1 is 1.00 bits per heavy atom. The molecule has 0 unspecified atom stereocenters. The van der Waals surface area contributed by atoms with Gasteiger partial charge < -0.3 is 0 Å². The quantitative estimate of drug-likeness (QED) is 0.541. The molecular formula is C17H22N2O2. The molecule has 21 heavy (non-hydrogen) atoms. The summed E-state index contributed by atoms with van der Waals surface area (Å²) in [6.45, 7) is 8.26. The molecule has 0 aliphatic rings. The van der Waals surface area contributed by atoms with Gasteiger partial charge in [-0.3, -0.25) is 0 Å². The first-order chi connectivity index (χ1) is 10.1. The van der Waals surface area contributed by atoms with Crippen LogP contribution in [0.3, 0.4) is 0 Å². The molecule has 4 nitrogen and oxygen atoms in total. The molecule has 0 atom stereocenters. The van der Waals surface area contributed by atoms with Crippen molar-refractivity contribution >= 4 is 23.5 Å². The molecule has 0 aliphatic carbocycles. The van der Waals surface area contributed by atoms with Crippen LogP contribution >= 0.6 is 0 Å². The molecule has 1 aromatic carbocycles. The van der Waals surface area contributed by atoms with Crippen molar-refractivity contribution < 1.29 is 9.59 Å². The highest BCUT2D eigenvalue weighted by Gasteiger charge is 2.18. The Morgan fingerprint density at radius 2 is 1.57 bits per heavy atom. The zero-order valence-electron chi connectivity index (χ0n) is 13.2. The van der Waals surface area contributed by atoms with Gasteiger partial charge in [-0.1, -0.05) is 46.6 Å². The predicted molar refractivity (Wildman–Crippen MR) is 84.1 cm³/mol. The third-order valence-corrected chi connectivity index (χ3v) is 3.44. The summed E-state index contributed by atoms with van der Waals surface area (Å²) in [5.41, 5.74) is 4.15. The molecule has 0 aliphatic heterocycles. The fourth-order valence-electron chi connectivity index (χ4n) is 2.55. The van der Waals surface area contributed by atoms with Crippen molar-refractivity contribution in [1.82, 2.24) is 0 Å². The van der Waals surface area contributed by atoms with Crippen molar-refractivity contribution in [3.8, 4) is 0 Å². The van der Waals surface area contributed by atoms with Gasteiger partial charge in [-0.25, -0.2) is 9.59 Å². The molecule has 1 aromatic rings. The highest BCUT2D eigenvalue weighted by molar-refractivity contribution is 5.72. The lowest BCUT2D eigenvalue weighted by molar-refractivity contribution is 0.564. The van der Waals surface area contributed by atoms with Gasteiger partial charge in [0, 0.05) is 5.56 Å². The van der Waals surface area contributed by atoms with E-state index in [1.807, 2.05) is 13.0 Å². The fourth-order valence-corrected chi connectivity index (χ4v) is 2.55. The summed E-state index contributed by atoms with van der Waals surface area (Å²) in [5, 5.41) is 0. The number of rotatable bonds is 7. The van der Waals surface area contributed by atoms with Crippen molar-refractivity contribution in [1.29, 1.82) is 0 Å². The Kier molecular flexibility index (Phi) is 6.74. The zero-order valence-corrected chi connectivity index (χ0v) is 13.2. The molecule has 112 valence electrons. The number of hydrogen-bond acceptors (Lipinski definition) is 4. The van der Waals surface area contributed by atoms with Gasteiger partial charge in [0.15, 0.2) is 0 Å². The van der Waals surface area contributed by atoms with E-state index < -0.39 is 0 Å². The lowest BCUT2D eigenvalue weighted by Crippen LogP contribution is -1.99. The van der Waals surface area contributed by atoms with Gasteiger partial charge >= 0.3 is 0 Å². The number of aryl methyl sites for hydroxylation is 1. The second-order valence-electron chi connectivity index (χ2n) is 5.36. The van der Waals surface area contributed by atoms with Crippen LogP contribution in [-0.2, 0) is 22.4 Å². The molecular weight excluding hydrogens is 264 g/mol. The first-order valence-electron chi connectivity index (χ1n) is 7.44. The first kappa shape index (κ1) is 17.0. The highest BCUT2D eigenvalue weighted by atomic mass is 16.1. The predicted octanol–water partition coefficient (Wildman–Crippen LogP) is 4.65. The van der Waals surface area contributed by atoms with E-state index >= 15 is 0 Å². The van der Waals surface area contributed by atoms with E-state index in [4.69, 9.17) is 0 Å². The summed E-state index contributed by atoms with van der Waals surface area (Å²) in [4.78, 5) is 29.3. The molecule has 0 heterocycles. The molecule has 4 heteroatoms. The summed E-state index contributed by atoms with van der Waals surface area (Å²) >= 11 is 0. The van der Waals surface area contributed by atoms with Gasteiger partial charge in [0.05, 0.1) is 11.4 Å². The van der Waals surface area contributed by atoms with E-state index in [0.717, 1.165) is 42.4 Å². The maximum atomic E-state index is 10.8. The topological polar surface area (TPSA) is 58.9 Å². The Bertz CT molecular complexity index is 593. The van der Waals surface area contributed by atoms with E-state index in [9.17, 15) is 9.59 Å². The maximum absolute atomic E-state index is 10.8. The summed E-state index contributed by atoms with van der Waals surface area (Å²) in [6.07, 6.45) is 6.67.